The van der Waals surface area contributed by atoms with Gasteiger partial charge < -0.3 is 0 Å². The molecule has 0 bridgehead atoms. The summed E-state index contributed by atoms with van der Waals surface area (Å²) in [7, 11) is 0. The largest absolute Gasteiger partial charge is 0.252 e. The van der Waals surface area contributed by atoms with Gasteiger partial charge in [0.05, 0.1) is 5.69 Å². The topological polar surface area (TPSA) is 12.9 Å². The van der Waals surface area contributed by atoms with E-state index in [1.165, 1.54) is 32.7 Å². The van der Waals surface area contributed by atoms with Crippen molar-refractivity contribution in [2.24, 2.45) is 0 Å². The third-order valence-corrected chi connectivity index (χ3v) is 4.87. The average molecular weight is 337 g/mol. The molecular formula is C25H23N. The lowest BCUT2D eigenvalue weighted by molar-refractivity contribution is 0.912. The van der Waals surface area contributed by atoms with Gasteiger partial charge in [0.1, 0.15) is 0 Å². The highest BCUT2D eigenvalue weighted by molar-refractivity contribution is 6.08. The lowest BCUT2D eigenvalue weighted by atomic mass is 9.98. The Morgan fingerprint density at radius 3 is 2.54 bits per heavy atom. The smallest absolute Gasteiger partial charge is 0.0708 e. The molecule has 0 radical (unpaired) electrons. The molecule has 0 amide bonds. The van der Waals surface area contributed by atoms with Crippen LogP contribution in [-0.4, -0.2) is 4.98 Å². The van der Waals surface area contributed by atoms with Crippen LogP contribution < -0.4 is 0 Å². The maximum absolute atomic E-state index is 4.87. The molecule has 1 nitrogen and oxygen atoms in total. The molecule has 4 aromatic rings. The van der Waals surface area contributed by atoms with Crippen LogP contribution in [0.1, 0.15) is 24.6 Å². The summed E-state index contributed by atoms with van der Waals surface area (Å²) in [4.78, 5) is 4.87. The van der Waals surface area contributed by atoms with E-state index in [0.717, 1.165) is 30.7 Å². The van der Waals surface area contributed by atoms with Crippen LogP contribution in [0.2, 0.25) is 0 Å². The second-order valence-corrected chi connectivity index (χ2v) is 6.82. The van der Waals surface area contributed by atoms with E-state index in [9.17, 15) is 0 Å². The van der Waals surface area contributed by atoms with Crippen LogP contribution in [0.4, 0.5) is 0 Å². The molecule has 26 heavy (non-hydrogen) atoms. The number of nitrogens with zero attached hydrogens (tertiary/aromatic N) is 1. The number of hydrogen-bond acceptors (Lipinski definition) is 1. The summed E-state index contributed by atoms with van der Waals surface area (Å²) in [6.07, 6.45) is 4.95. The first-order chi connectivity index (χ1) is 12.8. The van der Waals surface area contributed by atoms with Gasteiger partial charge in [-0.3, -0.25) is 4.98 Å². The molecule has 0 saturated heterocycles. The Morgan fingerprint density at radius 1 is 0.885 bits per heavy atom. The molecular weight excluding hydrogens is 314 g/mol. The Balaban J connectivity index is 1.86. The van der Waals surface area contributed by atoms with Gasteiger partial charge in [0.25, 0.3) is 0 Å². The predicted molar refractivity (Wildman–Crippen MR) is 113 cm³/mol. The van der Waals surface area contributed by atoms with Crippen molar-refractivity contribution in [2.75, 3.05) is 0 Å². The van der Waals surface area contributed by atoms with Gasteiger partial charge in [-0.05, 0) is 51.7 Å². The highest BCUT2D eigenvalue weighted by Gasteiger charge is 2.07. The summed E-state index contributed by atoms with van der Waals surface area (Å²) in [5, 5.41) is 5.14. The Bertz CT molecular complexity index is 1090. The van der Waals surface area contributed by atoms with Crippen molar-refractivity contribution >= 4 is 21.5 Å². The number of hydrogen-bond donors (Lipinski definition) is 0. The minimum atomic E-state index is 0.808. The van der Waals surface area contributed by atoms with E-state index < -0.39 is 0 Å². The molecule has 128 valence electrons. The number of benzene rings is 3. The Kier molecular flexibility index (Phi) is 4.53. The van der Waals surface area contributed by atoms with Crippen LogP contribution in [0.3, 0.4) is 0 Å². The van der Waals surface area contributed by atoms with E-state index in [1.807, 2.05) is 6.08 Å². The molecule has 3 aromatic carbocycles. The molecule has 4 rings (SSSR count). The zero-order valence-electron chi connectivity index (χ0n) is 15.2. The first-order valence-corrected chi connectivity index (χ1v) is 9.31. The van der Waals surface area contributed by atoms with Crippen molar-refractivity contribution in [3.63, 3.8) is 0 Å². The number of pyridine rings is 1. The molecule has 0 spiro atoms. The number of aromatic nitrogens is 1. The average Bonchev–Trinajstić information content (AvgIpc) is 2.68. The molecule has 0 fully saturated rings. The highest BCUT2D eigenvalue weighted by Crippen LogP contribution is 2.29. The lowest BCUT2D eigenvalue weighted by Crippen LogP contribution is -1.95. The zero-order chi connectivity index (χ0) is 17.9. The molecule has 0 aliphatic carbocycles. The third kappa shape index (κ3) is 3.13. The first-order valence-electron chi connectivity index (χ1n) is 9.31. The van der Waals surface area contributed by atoms with E-state index in [0.29, 0.717) is 0 Å². The Labute approximate surface area is 155 Å². The van der Waals surface area contributed by atoms with Crippen LogP contribution >= 0.6 is 0 Å². The van der Waals surface area contributed by atoms with Crippen LogP contribution in [0.15, 0.2) is 79.4 Å². The van der Waals surface area contributed by atoms with E-state index in [4.69, 9.17) is 4.98 Å². The Morgan fingerprint density at radius 2 is 1.69 bits per heavy atom. The van der Waals surface area contributed by atoms with Crippen molar-refractivity contribution in [1.82, 2.24) is 4.98 Å². The van der Waals surface area contributed by atoms with Crippen molar-refractivity contribution in [3.05, 3.63) is 90.6 Å². The lowest BCUT2D eigenvalue weighted by Gasteiger charge is -2.10. The SMILES string of the molecule is C=CCc1cc(CCC)cc(-c2ccc3c(ccc4ccccc43)c2)n1. The van der Waals surface area contributed by atoms with Crippen molar-refractivity contribution in [3.8, 4) is 11.3 Å². The quantitative estimate of drug-likeness (QED) is 0.290. The van der Waals surface area contributed by atoms with E-state index in [2.05, 4.69) is 80.2 Å². The summed E-state index contributed by atoms with van der Waals surface area (Å²) >= 11 is 0. The van der Waals surface area contributed by atoms with Crippen molar-refractivity contribution in [1.29, 1.82) is 0 Å². The zero-order valence-corrected chi connectivity index (χ0v) is 15.2. The summed E-state index contributed by atoms with van der Waals surface area (Å²) in [6, 6.07) is 24.1. The van der Waals surface area contributed by atoms with Gasteiger partial charge >= 0.3 is 0 Å². The van der Waals surface area contributed by atoms with E-state index >= 15 is 0 Å². The number of aryl methyl sites for hydroxylation is 1. The minimum Gasteiger partial charge on any atom is -0.252 e. The number of allylic oxidation sites excluding steroid dienone is 1. The molecule has 0 saturated carbocycles. The van der Waals surface area contributed by atoms with Crippen LogP contribution in [-0.2, 0) is 12.8 Å². The fourth-order valence-corrected chi connectivity index (χ4v) is 3.66. The van der Waals surface area contributed by atoms with Gasteiger partial charge in [-0.15, -0.1) is 6.58 Å². The van der Waals surface area contributed by atoms with Crippen LogP contribution in [0, 0.1) is 0 Å². The van der Waals surface area contributed by atoms with Crippen molar-refractivity contribution in [2.45, 2.75) is 26.2 Å². The van der Waals surface area contributed by atoms with Gasteiger partial charge in [0.2, 0.25) is 0 Å². The molecule has 0 atom stereocenters. The monoisotopic (exact) mass is 337 g/mol. The molecule has 0 N–H and O–H groups in total. The maximum atomic E-state index is 4.87. The van der Waals surface area contributed by atoms with Crippen LogP contribution in [0.25, 0.3) is 32.8 Å². The standard InChI is InChI=1S/C25H23N/c1-3-7-18-15-22(8-4-2)26-25(16-18)21-13-14-24-20(17-21)12-11-19-9-5-6-10-23(19)24/h4-6,9-17H,2-3,7-8H2,1H3. The molecule has 0 aliphatic heterocycles. The molecule has 1 heteroatoms. The number of fused-ring (bicyclic) bond motifs is 3. The summed E-state index contributed by atoms with van der Waals surface area (Å²) < 4.78 is 0. The summed E-state index contributed by atoms with van der Waals surface area (Å²) in [5.41, 5.74) is 4.69. The molecule has 0 unspecified atom stereocenters. The van der Waals surface area contributed by atoms with Gasteiger partial charge in [-0.1, -0.05) is 68.0 Å². The minimum absolute atomic E-state index is 0.808. The fourth-order valence-electron chi connectivity index (χ4n) is 3.66. The predicted octanol–water partition coefficient (Wildman–Crippen LogP) is 6.74. The maximum Gasteiger partial charge on any atom is 0.0708 e. The van der Waals surface area contributed by atoms with Crippen molar-refractivity contribution < 1.29 is 0 Å². The second kappa shape index (κ2) is 7.13. The van der Waals surface area contributed by atoms with Gasteiger partial charge in [-0.2, -0.15) is 0 Å². The third-order valence-electron chi connectivity index (χ3n) is 4.87. The molecule has 1 heterocycles. The van der Waals surface area contributed by atoms with Gasteiger partial charge in [0, 0.05) is 17.7 Å². The summed E-state index contributed by atoms with van der Waals surface area (Å²) in [6.45, 7) is 6.08. The van der Waals surface area contributed by atoms with Gasteiger partial charge in [0.15, 0.2) is 0 Å². The Hall–Kier alpha value is -2.93. The highest BCUT2D eigenvalue weighted by atomic mass is 14.7. The fraction of sp³-hybridized carbons (Fsp3) is 0.160. The van der Waals surface area contributed by atoms with E-state index in [-0.39, 0.29) is 0 Å². The van der Waals surface area contributed by atoms with Crippen LogP contribution in [0.5, 0.6) is 0 Å². The normalized spacial score (nSPS) is 11.1. The summed E-state index contributed by atoms with van der Waals surface area (Å²) in [5.74, 6) is 0. The molecule has 0 aliphatic rings. The van der Waals surface area contributed by atoms with Gasteiger partial charge in [-0.25, -0.2) is 0 Å². The first kappa shape index (κ1) is 16.5. The number of rotatable bonds is 5. The molecule has 1 aromatic heterocycles. The van der Waals surface area contributed by atoms with E-state index in [1.54, 1.807) is 0 Å². The second-order valence-electron chi connectivity index (χ2n) is 6.82.